The van der Waals surface area contributed by atoms with Crippen molar-refractivity contribution in [2.45, 2.75) is 45.1 Å². The standard InChI is InChI=1S/C13H23N5O/c1-2-11-12(17-14)15-9-16-13(11)18-7-4-3-5-10(18)6-8-19/h9-10,19H,2-8,14H2,1H3,(H,15,16,17). The molecule has 19 heavy (non-hydrogen) atoms. The van der Waals surface area contributed by atoms with E-state index in [9.17, 15) is 5.11 Å². The molecular weight excluding hydrogens is 242 g/mol. The maximum Gasteiger partial charge on any atom is 0.148 e. The second-order valence-electron chi connectivity index (χ2n) is 4.88. The van der Waals surface area contributed by atoms with Crippen LogP contribution in [0.5, 0.6) is 0 Å². The van der Waals surface area contributed by atoms with Crippen molar-refractivity contribution in [2.24, 2.45) is 5.84 Å². The molecule has 0 aliphatic carbocycles. The average Bonchev–Trinajstić information content (AvgIpc) is 2.47. The Morgan fingerprint density at radius 1 is 1.47 bits per heavy atom. The second kappa shape index (κ2) is 6.68. The van der Waals surface area contributed by atoms with Gasteiger partial charge in [0.15, 0.2) is 0 Å². The van der Waals surface area contributed by atoms with Crippen molar-refractivity contribution in [1.82, 2.24) is 9.97 Å². The molecule has 0 amide bonds. The third-order valence-electron chi connectivity index (χ3n) is 3.77. The maximum atomic E-state index is 9.22. The molecule has 6 heteroatoms. The van der Waals surface area contributed by atoms with E-state index in [1.165, 1.54) is 12.8 Å². The number of hydrogen-bond acceptors (Lipinski definition) is 6. The monoisotopic (exact) mass is 265 g/mol. The number of nitrogen functional groups attached to an aromatic ring is 1. The summed E-state index contributed by atoms with van der Waals surface area (Å²) in [7, 11) is 0. The van der Waals surface area contributed by atoms with Gasteiger partial charge in [0.1, 0.15) is 18.0 Å². The van der Waals surface area contributed by atoms with Gasteiger partial charge in [0.2, 0.25) is 0 Å². The zero-order valence-corrected chi connectivity index (χ0v) is 11.5. The molecule has 2 heterocycles. The zero-order chi connectivity index (χ0) is 13.7. The summed E-state index contributed by atoms with van der Waals surface area (Å²) in [6.45, 7) is 3.28. The molecule has 1 fully saturated rings. The molecule has 1 aliphatic rings. The Kier molecular flexibility index (Phi) is 4.93. The van der Waals surface area contributed by atoms with Gasteiger partial charge in [-0.3, -0.25) is 0 Å². The molecule has 106 valence electrons. The number of aliphatic hydroxyl groups is 1. The van der Waals surface area contributed by atoms with Gasteiger partial charge in [-0.15, -0.1) is 0 Å². The van der Waals surface area contributed by atoms with E-state index in [-0.39, 0.29) is 6.61 Å². The summed E-state index contributed by atoms with van der Waals surface area (Å²) in [6.07, 6.45) is 6.67. The fraction of sp³-hybridized carbons (Fsp3) is 0.692. The SMILES string of the molecule is CCc1c(NN)ncnc1N1CCCCC1CCO. The second-order valence-corrected chi connectivity index (χ2v) is 4.88. The molecule has 2 rings (SSSR count). The zero-order valence-electron chi connectivity index (χ0n) is 11.5. The normalized spacial score (nSPS) is 19.5. The fourth-order valence-electron chi connectivity index (χ4n) is 2.83. The topological polar surface area (TPSA) is 87.3 Å². The van der Waals surface area contributed by atoms with Gasteiger partial charge in [-0.2, -0.15) is 0 Å². The van der Waals surface area contributed by atoms with Crippen LogP contribution >= 0.6 is 0 Å². The van der Waals surface area contributed by atoms with Crippen molar-refractivity contribution in [2.75, 3.05) is 23.5 Å². The minimum absolute atomic E-state index is 0.218. The molecule has 4 N–H and O–H groups in total. The third kappa shape index (κ3) is 2.96. The van der Waals surface area contributed by atoms with Crippen LogP contribution in [0.15, 0.2) is 6.33 Å². The molecule has 0 bridgehead atoms. The Balaban J connectivity index is 2.32. The third-order valence-corrected chi connectivity index (χ3v) is 3.77. The van der Waals surface area contributed by atoms with Gasteiger partial charge < -0.3 is 15.4 Å². The first-order valence-electron chi connectivity index (χ1n) is 6.99. The van der Waals surface area contributed by atoms with Crippen LogP contribution in [0.4, 0.5) is 11.6 Å². The quantitative estimate of drug-likeness (QED) is 0.545. The lowest BCUT2D eigenvalue weighted by Gasteiger charge is -2.37. The van der Waals surface area contributed by atoms with Crippen LogP contribution in [-0.2, 0) is 6.42 Å². The predicted molar refractivity (Wildman–Crippen MR) is 75.9 cm³/mol. The van der Waals surface area contributed by atoms with E-state index in [4.69, 9.17) is 5.84 Å². The molecule has 1 aliphatic heterocycles. The molecule has 1 aromatic rings. The van der Waals surface area contributed by atoms with E-state index in [2.05, 4.69) is 27.2 Å². The number of hydrogen-bond donors (Lipinski definition) is 3. The van der Waals surface area contributed by atoms with Crippen LogP contribution in [0.2, 0.25) is 0 Å². The molecular formula is C13H23N5O. The van der Waals surface area contributed by atoms with Gasteiger partial charge in [0, 0.05) is 24.8 Å². The summed E-state index contributed by atoms with van der Waals surface area (Å²) in [4.78, 5) is 10.9. The largest absolute Gasteiger partial charge is 0.396 e. The van der Waals surface area contributed by atoms with Crippen molar-refractivity contribution in [3.63, 3.8) is 0 Å². The molecule has 0 aromatic carbocycles. The Labute approximate surface area is 114 Å². The van der Waals surface area contributed by atoms with Gasteiger partial charge in [-0.1, -0.05) is 6.92 Å². The first-order valence-corrected chi connectivity index (χ1v) is 6.99. The predicted octanol–water partition coefficient (Wildman–Crippen LogP) is 1.07. The average molecular weight is 265 g/mol. The van der Waals surface area contributed by atoms with Gasteiger partial charge in [-0.25, -0.2) is 15.8 Å². The van der Waals surface area contributed by atoms with Crippen molar-refractivity contribution in [3.8, 4) is 0 Å². The Hall–Kier alpha value is -1.40. The highest BCUT2D eigenvalue weighted by Crippen LogP contribution is 2.30. The van der Waals surface area contributed by atoms with Crippen LogP contribution < -0.4 is 16.2 Å². The Morgan fingerprint density at radius 3 is 3.00 bits per heavy atom. The summed E-state index contributed by atoms with van der Waals surface area (Å²) in [5.74, 6) is 7.18. The lowest BCUT2D eigenvalue weighted by atomic mass is 9.98. The highest BCUT2D eigenvalue weighted by Gasteiger charge is 2.25. The van der Waals surface area contributed by atoms with E-state index < -0.39 is 0 Å². The number of aromatic nitrogens is 2. The van der Waals surface area contributed by atoms with Crippen LogP contribution in [-0.4, -0.2) is 34.3 Å². The summed E-state index contributed by atoms with van der Waals surface area (Å²) in [6, 6.07) is 0.365. The van der Waals surface area contributed by atoms with Gasteiger partial charge in [0.05, 0.1) is 0 Å². The first kappa shape index (κ1) is 14.0. The fourth-order valence-corrected chi connectivity index (χ4v) is 2.83. The first-order chi connectivity index (χ1) is 9.31. The number of hydrazine groups is 1. The minimum atomic E-state index is 0.218. The summed E-state index contributed by atoms with van der Waals surface area (Å²) < 4.78 is 0. The highest BCUT2D eigenvalue weighted by atomic mass is 16.3. The molecule has 1 atom stereocenters. The smallest absolute Gasteiger partial charge is 0.148 e. The lowest BCUT2D eigenvalue weighted by molar-refractivity contribution is 0.262. The van der Waals surface area contributed by atoms with Crippen molar-refractivity contribution in [1.29, 1.82) is 0 Å². The molecule has 6 nitrogen and oxygen atoms in total. The van der Waals surface area contributed by atoms with Crippen molar-refractivity contribution >= 4 is 11.6 Å². The molecule has 0 radical (unpaired) electrons. The van der Waals surface area contributed by atoms with Crippen molar-refractivity contribution < 1.29 is 5.11 Å². The number of nitrogens with one attached hydrogen (secondary N) is 1. The van der Waals surface area contributed by atoms with E-state index in [1.807, 2.05) is 0 Å². The Bertz CT molecular complexity index is 410. The summed E-state index contributed by atoms with van der Waals surface area (Å²) in [5.41, 5.74) is 3.70. The number of nitrogens with two attached hydrogens (primary N) is 1. The molecule has 1 saturated heterocycles. The van der Waals surface area contributed by atoms with Gasteiger partial charge in [0.25, 0.3) is 0 Å². The number of aliphatic hydroxyl groups excluding tert-OH is 1. The van der Waals surface area contributed by atoms with Crippen LogP contribution in [0, 0.1) is 0 Å². The van der Waals surface area contributed by atoms with Crippen LogP contribution in [0.1, 0.15) is 38.2 Å². The minimum Gasteiger partial charge on any atom is -0.396 e. The number of piperidine rings is 1. The molecule has 1 unspecified atom stereocenters. The van der Waals surface area contributed by atoms with Crippen LogP contribution in [0.3, 0.4) is 0 Å². The maximum absolute atomic E-state index is 9.22. The van der Waals surface area contributed by atoms with Gasteiger partial charge >= 0.3 is 0 Å². The molecule has 1 aromatic heterocycles. The Morgan fingerprint density at radius 2 is 2.32 bits per heavy atom. The highest BCUT2D eigenvalue weighted by molar-refractivity contribution is 5.59. The van der Waals surface area contributed by atoms with E-state index in [0.29, 0.717) is 11.9 Å². The molecule has 0 spiro atoms. The summed E-state index contributed by atoms with van der Waals surface area (Å²) in [5, 5.41) is 9.22. The molecule has 0 saturated carbocycles. The number of nitrogens with zero attached hydrogens (tertiary/aromatic N) is 3. The van der Waals surface area contributed by atoms with E-state index >= 15 is 0 Å². The van der Waals surface area contributed by atoms with Crippen LogP contribution in [0.25, 0.3) is 0 Å². The summed E-state index contributed by atoms with van der Waals surface area (Å²) >= 11 is 0. The number of anilines is 2. The van der Waals surface area contributed by atoms with E-state index in [0.717, 1.165) is 37.2 Å². The van der Waals surface area contributed by atoms with Gasteiger partial charge in [-0.05, 0) is 32.1 Å². The van der Waals surface area contributed by atoms with E-state index in [1.54, 1.807) is 6.33 Å². The number of rotatable bonds is 5. The lowest BCUT2D eigenvalue weighted by Crippen LogP contribution is -2.41. The van der Waals surface area contributed by atoms with Crippen molar-refractivity contribution in [3.05, 3.63) is 11.9 Å².